The number of hydrogen-bond donors (Lipinski definition) is 1. The van der Waals surface area contributed by atoms with Crippen molar-refractivity contribution in [3.05, 3.63) is 89.7 Å². The first-order chi connectivity index (χ1) is 14.8. The van der Waals surface area contributed by atoms with Gasteiger partial charge in [-0.2, -0.15) is 5.10 Å². The largest absolute Gasteiger partial charge is 0.382 e. The maximum Gasteiger partial charge on any atom is 0.143 e. The molecule has 4 aromatic rings. The quantitative estimate of drug-likeness (QED) is 0.463. The molecule has 2 atom stereocenters. The monoisotopic (exact) mass is 432 g/mol. The molecule has 0 spiro atoms. The molecule has 0 aliphatic heterocycles. The normalized spacial score (nSPS) is 14.4. The fourth-order valence-electron chi connectivity index (χ4n) is 3.41. The molecular weight excluding hydrogens is 416 g/mol. The van der Waals surface area contributed by atoms with Crippen LogP contribution in [0.3, 0.4) is 0 Å². The molecule has 0 amide bonds. The molecule has 0 aliphatic rings. The summed E-state index contributed by atoms with van der Waals surface area (Å²) in [4.78, 5) is 3.81. The van der Waals surface area contributed by atoms with Crippen molar-refractivity contribution in [1.29, 1.82) is 0 Å². The van der Waals surface area contributed by atoms with Crippen LogP contribution in [0.25, 0.3) is 11.3 Å². The second-order valence-corrected chi connectivity index (χ2v) is 7.10. The first-order valence-corrected chi connectivity index (χ1v) is 9.20. The third-order valence-corrected chi connectivity index (χ3v) is 5.15. The lowest BCUT2D eigenvalue weighted by atomic mass is 9.80. The van der Waals surface area contributed by atoms with Crippen LogP contribution in [-0.2, 0) is 12.1 Å². The van der Waals surface area contributed by atoms with Gasteiger partial charge in [0, 0.05) is 29.3 Å². The number of nitrogens with zero attached hydrogens (tertiary/aromatic N) is 4. The number of benzene rings is 2. The van der Waals surface area contributed by atoms with Crippen LogP contribution in [0.4, 0.5) is 17.6 Å². The van der Waals surface area contributed by atoms with E-state index in [1.807, 2.05) is 0 Å². The molecule has 0 bridgehead atoms. The van der Waals surface area contributed by atoms with Gasteiger partial charge in [-0.05, 0) is 18.2 Å². The molecule has 10 heteroatoms. The Balaban J connectivity index is 1.76. The molecule has 2 heterocycles. The van der Waals surface area contributed by atoms with E-state index in [0.29, 0.717) is 12.1 Å². The minimum atomic E-state index is -1.95. The zero-order valence-electron chi connectivity index (χ0n) is 16.1. The van der Waals surface area contributed by atoms with Gasteiger partial charge >= 0.3 is 0 Å². The van der Waals surface area contributed by atoms with E-state index in [0.717, 1.165) is 18.2 Å². The third kappa shape index (κ3) is 3.93. The molecule has 4 rings (SSSR count). The Bertz CT molecular complexity index is 1210. The predicted molar refractivity (Wildman–Crippen MR) is 101 cm³/mol. The summed E-state index contributed by atoms with van der Waals surface area (Å²) in [6, 6.07) is 7.18. The summed E-state index contributed by atoms with van der Waals surface area (Å²) in [5.41, 5.74) is -2.08. The number of aromatic nitrogens is 4. The summed E-state index contributed by atoms with van der Waals surface area (Å²) in [5.74, 6) is -4.17. The van der Waals surface area contributed by atoms with Crippen molar-refractivity contribution in [2.45, 2.75) is 25.0 Å². The Kier molecular flexibility index (Phi) is 5.32. The van der Waals surface area contributed by atoms with Crippen molar-refractivity contribution in [1.82, 2.24) is 19.9 Å². The lowest BCUT2D eigenvalue weighted by molar-refractivity contribution is -0.0181. The summed E-state index contributed by atoms with van der Waals surface area (Å²) in [5, 5.41) is 19.3. The predicted octanol–water partition coefficient (Wildman–Crippen LogP) is 4.18. The van der Waals surface area contributed by atoms with E-state index in [-0.39, 0.29) is 29.1 Å². The molecule has 2 aromatic carbocycles. The van der Waals surface area contributed by atoms with E-state index >= 15 is 0 Å². The van der Waals surface area contributed by atoms with Crippen molar-refractivity contribution in [3.63, 3.8) is 0 Å². The smallest absolute Gasteiger partial charge is 0.143 e. The van der Waals surface area contributed by atoms with Crippen molar-refractivity contribution in [2.24, 2.45) is 0 Å². The van der Waals surface area contributed by atoms with Crippen LogP contribution in [0, 0.1) is 23.3 Å². The van der Waals surface area contributed by atoms with Crippen LogP contribution in [0.5, 0.6) is 0 Å². The average Bonchev–Trinajstić information content (AvgIpc) is 3.39. The minimum absolute atomic E-state index is 0.00335. The van der Waals surface area contributed by atoms with Gasteiger partial charge in [-0.15, -0.1) is 0 Å². The molecule has 0 aliphatic carbocycles. The molecule has 31 heavy (non-hydrogen) atoms. The van der Waals surface area contributed by atoms with Gasteiger partial charge in [0.15, 0.2) is 0 Å². The minimum Gasteiger partial charge on any atom is -0.382 e. The van der Waals surface area contributed by atoms with Crippen LogP contribution < -0.4 is 0 Å². The van der Waals surface area contributed by atoms with E-state index in [1.54, 1.807) is 6.92 Å². The highest BCUT2D eigenvalue weighted by Crippen LogP contribution is 2.40. The molecule has 2 aromatic heterocycles. The molecule has 0 saturated heterocycles. The van der Waals surface area contributed by atoms with Gasteiger partial charge in [0.2, 0.25) is 0 Å². The standard InChI is InChI=1S/C21H16F4N4O2/c1-12(20-8-19(28-31-20)15-4-2-13(22)6-17(15)24)21(30,9-29-11-26-10-27-29)16-5-3-14(23)7-18(16)25/h2-8,10-12,30H,9H2,1H3/t12-,21+/m0/s1. The SMILES string of the molecule is C[C@@H](c1cc(-c2ccc(F)cc2F)no1)[C@](O)(Cn1cncn1)c1ccc(F)cc1F. The van der Waals surface area contributed by atoms with Crippen molar-refractivity contribution in [2.75, 3.05) is 0 Å². The fraction of sp³-hybridized carbons (Fsp3) is 0.190. The van der Waals surface area contributed by atoms with Gasteiger partial charge in [0.25, 0.3) is 0 Å². The second-order valence-electron chi connectivity index (χ2n) is 7.10. The van der Waals surface area contributed by atoms with Crippen molar-refractivity contribution >= 4 is 0 Å². The molecule has 1 N–H and O–H groups in total. The van der Waals surface area contributed by atoms with E-state index in [1.165, 1.54) is 29.5 Å². The molecule has 160 valence electrons. The maximum absolute atomic E-state index is 14.6. The van der Waals surface area contributed by atoms with Gasteiger partial charge in [-0.25, -0.2) is 27.2 Å². The molecule has 6 nitrogen and oxygen atoms in total. The maximum atomic E-state index is 14.6. The first kappa shape index (κ1) is 20.7. The Morgan fingerprint density at radius 3 is 2.39 bits per heavy atom. The molecular formula is C21H16F4N4O2. The van der Waals surface area contributed by atoms with Crippen molar-refractivity contribution < 1.29 is 27.2 Å². The Hall–Kier alpha value is -3.53. The van der Waals surface area contributed by atoms with Gasteiger partial charge in [-0.3, -0.25) is 0 Å². The van der Waals surface area contributed by atoms with Crippen LogP contribution in [0.15, 0.2) is 59.6 Å². The van der Waals surface area contributed by atoms with Crippen LogP contribution >= 0.6 is 0 Å². The number of halogens is 4. The number of aliphatic hydroxyl groups is 1. The first-order valence-electron chi connectivity index (χ1n) is 9.20. The topological polar surface area (TPSA) is 77.0 Å². The third-order valence-electron chi connectivity index (χ3n) is 5.15. The average molecular weight is 432 g/mol. The molecule has 0 radical (unpaired) electrons. The van der Waals surface area contributed by atoms with Crippen LogP contribution in [-0.4, -0.2) is 25.0 Å². The molecule has 0 unspecified atom stereocenters. The van der Waals surface area contributed by atoms with Crippen molar-refractivity contribution in [3.8, 4) is 11.3 Å². The highest BCUT2D eigenvalue weighted by atomic mass is 19.1. The number of rotatable bonds is 6. The number of hydrogen-bond acceptors (Lipinski definition) is 5. The van der Waals surface area contributed by atoms with E-state index < -0.39 is 34.8 Å². The van der Waals surface area contributed by atoms with E-state index in [2.05, 4.69) is 15.2 Å². The van der Waals surface area contributed by atoms with Gasteiger partial charge < -0.3 is 9.63 Å². The lowest BCUT2D eigenvalue weighted by Gasteiger charge is -2.33. The van der Waals surface area contributed by atoms with Gasteiger partial charge in [-0.1, -0.05) is 18.1 Å². The van der Waals surface area contributed by atoms with Gasteiger partial charge in [0.05, 0.1) is 12.5 Å². The second kappa shape index (κ2) is 7.95. The summed E-state index contributed by atoms with van der Waals surface area (Å²) >= 11 is 0. The van der Waals surface area contributed by atoms with E-state index in [9.17, 15) is 22.7 Å². The summed E-state index contributed by atoms with van der Waals surface area (Å²) in [7, 11) is 0. The van der Waals surface area contributed by atoms with Gasteiger partial charge in [0.1, 0.15) is 53.0 Å². The summed E-state index contributed by atoms with van der Waals surface area (Å²) in [6.45, 7) is 1.31. The molecule has 0 fully saturated rings. The highest BCUT2D eigenvalue weighted by Gasteiger charge is 2.42. The zero-order valence-corrected chi connectivity index (χ0v) is 16.1. The summed E-state index contributed by atoms with van der Waals surface area (Å²) < 4.78 is 62.0. The fourth-order valence-corrected chi connectivity index (χ4v) is 3.41. The highest BCUT2D eigenvalue weighted by molar-refractivity contribution is 5.59. The molecule has 0 saturated carbocycles. The van der Waals surface area contributed by atoms with Crippen LogP contribution in [0.1, 0.15) is 24.2 Å². The Morgan fingerprint density at radius 2 is 1.74 bits per heavy atom. The van der Waals surface area contributed by atoms with E-state index in [4.69, 9.17) is 4.52 Å². The lowest BCUT2D eigenvalue weighted by Crippen LogP contribution is -2.38. The Morgan fingerprint density at radius 1 is 1.03 bits per heavy atom. The zero-order chi connectivity index (χ0) is 22.2. The summed E-state index contributed by atoms with van der Waals surface area (Å²) in [6.07, 6.45) is 2.58. The van der Waals surface area contributed by atoms with Crippen LogP contribution in [0.2, 0.25) is 0 Å². The Labute approximate surface area is 173 Å².